The first-order chi connectivity index (χ1) is 7.27. The molecular weight excluding hydrogens is 194 g/mol. The lowest BCUT2D eigenvalue weighted by molar-refractivity contribution is -0.122. The fraction of sp³-hybridized carbons (Fsp3) is 0.800. The number of nitrogens with zero attached hydrogens (tertiary/aromatic N) is 2. The minimum Gasteiger partial charge on any atom is -0.395 e. The molecule has 0 saturated carbocycles. The monoisotopic (exact) mass is 211 g/mol. The van der Waals surface area contributed by atoms with Crippen LogP contribution in [0.1, 0.15) is 19.3 Å². The Kier molecular flexibility index (Phi) is 5.08. The summed E-state index contributed by atoms with van der Waals surface area (Å²) in [5, 5.41) is 20.0. The maximum absolute atomic E-state index is 11.4. The molecule has 84 valence electrons. The molecule has 0 aromatic rings. The van der Waals surface area contributed by atoms with Crippen LogP contribution in [-0.2, 0) is 4.79 Å². The number of nitriles is 1. The van der Waals surface area contributed by atoms with Crippen LogP contribution in [0.2, 0.25) is 0 Å². The van der Waals surface area contributed by atoms with Gasteiger partial charge in [-0.1, -0.05) is 0 Å². The lowest BCUT2D eigenvalue weighted by Crippen LogP contribution is -2.41. The van der Waals surface area contributed by atoms with Gasteiger partial charge in [-0.05, 0) is 19.4 Å². The zero-order valence-corrected chi connectivity index (χ0v) is 8.78. The summed E-state index contributed by atoms with van der Waals surface area (Å²) in [6, 6.07) is 2.10. The van der Waals surface area contributed by atoms with Gasteiger partial charge in [-0.15, -0.1) is 0 Å². The van der Waals surface area contributed by atoms with E-state index in [1.54, 1.807) is 0 Å². The van der Waals surface area contributed by atoms with Crippen molar-refractivity contribution in [3.05, 3.63) is 0 Å². The van der Waals surface area contributed by atoms with Gasteiger partial charge in [0.25, 0.3) is 0 Å². The molecular formula is C10H17N3O2. The van der Waals surface area contributed by atoms with E-state index in [2.05, 4.69) is 5.32 Å². The van der Waals surface area contributed by atoms with Gasteiger partial charge in [0.2, 0.25) is 5.91 Å². The maximum Gasteiger partial charge on any atom is 0.234 e. The summed E-state index contributed by atoms with van der Waals surface area (Å²) in [4.78, 5) is 13.4. The third-order valence-corrected chi connectivity index (χ3v) is 2.62. The van der Waals surface area contributed by atoms with Crippen LogP contribution in [0.15, 0.2) is 0 Å². The van der Waals surface area contributed by atoms with E-state index in [0.717, 1.165) is 19.4 Å². The van der Waals surface area contributed by atoms with Crippen LogP contribution in [0.25, 0.3) is 0 Å². The molecule has 0 aromatic carbocycles. The second kappa shape index (κ2) is 6.38. The number of aliphatic hydroxyl groups is 1. The number of hydrogen-bond acceptors (Lipinski definition) is 4. The molecule has 1 aliphatic heterocycles. The molecule has 1 heterocycles. The van der Waals surface area contributed by atoms with E-state index < -0.39 is 0 Å². The van der Waals surface area contributed by atoms with Crippen molar-refractivity contribution in [3.8, 4) is 6.07 Å². The van der Waals surface area contributed by atoms with Gasteiger partial charge in [0.15, 0.2) is 0 Å². The van der Waals surface area contributed by atoms with Crippen LogP contribution in [0.3, 0.4) is 0 Å². The van der Waals surface area contributed by atoms with Crippen molar-refractivity contribution < 1.29 is 9.90 Å². The molecule has 15 heavy (non-hydrogen) atoms. The van der Waals surface area contributed by atoms with Crippen molar-refractivity contribution in [1.29, 1.82) is 5.26 Å². The van der Waals surface area contributed by atoms with E-state index in [9.17, 15) is 4.79 Å². The van der Waals surface area contributed by atoms with Crippen LogP contribution < -0.4 is 5.32 Å². The van der Waals surface area contributed by atoms with Crippen molar-refractivity contribution in [3.63, 3.8) is 0 Å². The lowest BCUT2D eigenvalue weighted by Gasteiger charge is -2.21. The van der Waals surface area contributed by atoms with Gasteiger partial charge >= 0.3 is 0 Å². The molecule has 5 heteroatoms. The highest BCUT2D eigenvalue weighted by Crippen LogP contribution is 2.15. The van der Waals surface area contributed by atoms with E-state index in [1.807, 2.05) is 11.0 Å². The van der Waals surface area contributed by atoms with E-state index in [1.165, 1.54) is 0 Å². The van der Waals surface area contributed by atoms with Crippen molar-refractivity contribution in [2.45, 2.75) is 25.3 Å². The topological polar surface area (TPSA) is 76.4 Å². The molecule has 1 rings (SSSR count). The summed E-state index contributed by atoms with van der Waals surface area (Å²) in [5.74, 6) is -0.0643. The van der Waals surface area contributed by atoms with Crippen molar-refractivity contribution in [1.82, 2.24) is 10.2 Å². The van der Waals surface area contributed by atoms with Gasteiger partial charge in [-0.25, -0.2) is 0 Å². The Balaban J connectivity index is 2.22. The summed E-state index contributed by atoms with van der Waals surface area (Å²) in [6.45, 7) is 1.73. The molecule has 1 saturated heterocycles. The summed E-state index contributed by atoms with van der Waals surface area (Å²) < 4.78 is 0. The quantitative estimate of drug-likeness (QED) is 0.599. The predicted molar refractivity (Wildman–Crippen MR) is 54.9 cm³/mol. The number of likely N-dealkylation sites (tertiary alicyclic amines) is 1. The van der Waals surface area contributed by atoms with Gasteiger partial charge in [0.05, 0.1) is 25.6 Å². The number of aliphatic hydroxyl groups excluding tert-OH is 1. The lowest BCUT2D eigenvalue weighted by atomic mass is 10.2. The number of nitrogens with one attached hydrogen (secondary N) is 1. The molecule has 0 radical (unpaired) electrons. The standard InChI is InChI=1S/C10H17N3O2/c11-4-2-5-12-10(15)7-13-6-1-3-9(13)8-14/h9,14H,1-3,5-8H2,(H,12,15). The van der Waals surface area contributed by atoms with Gasteiger partial charge in [0, 0.05) is 12.6 Å². The van der Waals surface area contributed by atoms with Crippen LogP contribution in [0.5, 0.6) is 0 Å². The molecule has 1 unspecified atom stereocenters. The van der Waals surface area contributed by atoms with Crippen LogP contribution in [0, 0.1) is 11.3 Å². The largest absolute Gasteiger partial charge is 0.395 e. The fourth-order valence-electron chi connectivity index (χ4n) is 1.81. The summed E-state index contributed by atoms with van der Waals surface area (Å²) in [6.07, 6.45) is 2.34. The number of hydrogen-bond donors (Lipinski definition) is 2. The van der Waals surface area contributed by atoms with Crippen molar-refractivity contribution in [2.24, 2.45) is 0 Å². The summed E-state index contributed by atoms with van der Waals surface area (Å²) in [7, 11) is 0. The highest BCUT2D eigenvalue weighted by atomic mass is 16.3. The number of carbonyl (C=O) groups excluding carboxylic acids is 1. The molecule has 1 amide bonds. The van der Waals surface area contributed by atoms with Gasteiger partial charge in [0.1, 0.15) is 0 Å². The molecule has 5 nitrogen and oxygen atoms in total. The average molecular weight is 211 g/mol. The second-order valence-corrected chi connectivity index (χ2v) is 3.71. The molecule has 2 N–H and O–H groups in total. The van der Waals surface area contributed by atoms with E-state index in [-0.39, 0.29) is 18.6 Å². The number of amides is 1. The highest BCUT2D eigenvalue weighted by Gasteiger charge is 2.24. The van der Waals surface area contributed by atoms with E-state index >= 15 is 0 Å². The molecule has 1 atom stereocenters. The van der Waals surface area contributed by atoms with Crippen LogP contribution in [0.4, 0.5) is 0 Å². The Labute approximate surface area is 89.7 Å². The van der Waals surface area contributed by atoms with Crippen molar-refractivity contribution in [2.75, 3.05) is 26.2 Å². The maximum atomic E-state index is 11.4. The normalized spacial score (nSPS) is 21.2. The van der Waals surface area contributed by atoms with Gasteiger partial charge in [-0.2, -0.15) is 5.26 Å². The first-order valence-electron chi connectivity index (χ1n) is 5.26. The molecule has 0 spiro atoms. The van der Waals surface area contributed by atoms with Crippen molar-refractivity contribution >= 4 is 5.91 Å². The smallest absolute Gasteiger partial charge is 0.234 e. The highest BCUT2D eigenvalue weighted by molar-refractivity contribution is 5.78. The number of carbonyl (C=O) groups is 1. The predicted octanol–water partition coefficient (Wildman–Crippen LogP) is -0.527. The Morgan fingerprint density at radius 1 is 1.67 bits per heavy atom. The minimum absolute atomic E-state index is 0.0643. The molecule has 0 aromatic heterocycles. The van der Waals surface area contributed by atoms with Crippen LogP contribution >= 0.6 is 0 Å². The fourth-order valence-corrected chi connectivity index (χ4v) is 1.81. The number of rotatable bonds is 5. The molecule has 0 bridgehead atoms. The first-order valence-corrected chi connectivity index (χ1v) is 5.26. The van der Waals surface area contributed by atoms with Gasteiger partial charge < -0.3 is 10.4 Å². The average Bonchev–Trinajstić information content (AvgIpc) is 2.65. The Bertz CT molecular complexity index is 250. The first kappa shape index (κ1) is 12.0. The summed E-state index contributed by atoms with van der Waals surface area (Å²) >= 11 is 0. The second-order valence-electron chi connectivity index (χ2n) is 3.71. The molecule has 1 fully saturated rings. The Morgan fingerprint density at radius 3 is 3.13 bits per heavy atom. The Hall–Kier alpha value is -1.12. The van der Waals surface area contributed by atoms with E-state index in [0.29, 0.717) is 19.5 Å². The third-order valence-electron chi connectivity index (χ3n) is 2.62. The molecule has 0 aliphatic carbocycles. The minimum atomic E-state index is -0.0643. The SMILES string of the molecule is N#CCCNC(=O)CN1CCCC1CO. The zero-order valence-electron chi connectivity index (χ0n) is 8.78. The van der Waals surface area contributed by atoms with Gasteiger partial charge in [-0.3, -0.25) is 9.69 Å². The van der Waals surface area contributed by atoms with E-state index in [4.69, 9.17) is 10.4 Å². The zero-order chi connectivity index (χ0) is 11.1. The molecule has 1 aliphatic rings. The third kappa shape index (κ3) is 3.86. The summed E-state index contributed by atoms with van der Waals surface area (Å²) in [5.41, 5.74) is 0. The Morgan fingerprint density at radius 2 is 2.47 bits per heavy atom. The van der Waals surface area contributed by atoms with Crippen LogP contribution in [-0.4, -0.2) is 48.2 Å².